The average molecular weight is 974 g/mol. The molecule has 2 rings (SSSR count). The van der Waals surface area contributed by atoms with Gasteiger partial charge in [0.2, 0.25) is 23.6 Å². The minimum absolute atomic E-state index is 0. The van der Waals surface area contributed by atoms with Gasteiger partial charge in [-0.05, 0) is 74.4 Å². The topological polar surface area (TPSA) is 283 Å². The van der Waals surface area contributed by atoms with Gasteiger partial charge < -0.3 is 42.7 Å². The Morgan fingerprint density at radius 3 is 1.86 bits per heavy atom. The molecule has 0 saturated carbocycles. The summed E-state index contributed by atoms with van der Waals surface area (Å²) in [4.78, 5) is 99.6. The Balaban J connectivity index is 0.0000211. The number of amides is 4. The number of Topliss-reactive ketones (excluding diaryl/α,β-unsaturated/α-hetero) is 2. The van der Waals surface area contributed by atoms with Crippen molar-refractivity contribution in [1.29, 1.82) is 0 Å². The number of carbonyl (C=O) groups excluding carboxylic acids is 6. The van der Waals surface area contributed by atoms with Crippen molar-refractivity contribution in [3.05, 3.63) is 35.6 Å². The summed E-state index contributed by atoms with van der Waals surface area (Å²) in [6, 6.07) is 2.95. The molecule has 5 atom stereocenters. The maximum Gasteiger partial charge on any atom is 1.00 e. The molecule has 0 aliphatic carbocycles. The van der Waals surface area contributed by atoms with Crippen molar-refractivity contribution in [3.8, 4) is 5.75 Å². The molecule has 1 saturated heterocycles. The summed E-state index contributed by atoms with van der Waals surface area (Å²) >= 11 is 0. The number of ketones is 2. The molecule has 9 N–H and O–H groups in total. The zero-order valence-corrected chi connectivity index (χ0v) is 43.0. The van der Waals surface area contributed by atoms with Crippen LogP contribution in [0.4, 0.5) is 0 Å². The van der Waals surface area contributed by atoms with Crippen LogP contribution in [0.1, 0.15) is 153 Å². The molecule has 65 heavy (non-hydrogen) atoms. The summed E-state index contributed by atoms with van der Waals surface area (Å²) in [6.45, 7) is 0.224. The number of phenolic OH excluding ortho intramolecular Hbond substituents is 1. The Hall–Kier alpha value is -2.52. The molecule has 1 heterocycles. The van der Waals surface area contributed by atoms with Crippen LogP contribution in [0, 0.1) is 11.8 Å². The number of rotatable bonds is 33. The van der Waals surface area contributed by atoms with E-state index in [4.69, 9.17) is 16.6 Å². The van der Waals surface area contributed by atoms with E-state index in [0.29, 0.717) is 24.8 Å². The number of nitrogens with one attached hydrogen (secondary N) is 4. The van der Waals surface area contributed by atoms with E-state index in [9.17, 15) is 48.6 Å². The van der Waals surface area contributed by atoms with Crippen LogP contribution in [-0.2, 0) is 44.8 Å². The zero-order valence-electron chi connectivity index (χ0n) is 38.3. The van der Waals surface area contributed by atoms with Gasteiger partial charge in [0.25, 0.3) is 0 Å². The molecule has 0 bridgehead atoms. The van der Waals surface area contributed by atoms with E-state index in [1.165, 1.54) is 65.8 Å². The molecule has 1 aliphatic rings. The number of unbranched alkanes of at least 4 members (excludes halogenated alkanes) is 14. The molecule has 19 heteroatoms. The number of benzene rings is 1. The van der Waals surface area contributed by atoms with Crippen molar-refractivity contribution in [1.82, 2.24) is 16.0 Å². The van der Waals surface area contributed by atoms with Crippen LogP contribution in [0.25, 0.3) is 5.73 Å². The van der Waals surface area contributed by atoms with E-state index >= 15 is 0 Å². The SMILES string of the molecule is [K+].[NH-][C@H]1CSSC[C@@H](C(=O)C[C@@H](Cc2ccc(O)cc2)C(N)=O)CC(=O)[C@H](CCCCNC(=O)CCC(NC(=O)CCCCCCCCCCCCCCCCC(=O)O)C(=O)O)NC1=O. The van der Waals surface area contributed by atoms with Crippen LogP contribution in [-0.4, -0.2) is 98.6 Å². The fourth-order valence-corrected chi connectivity index (χ4v) is 9.86. The smallest absolute Gasteiger partial charge is 0.666 e. The van der Waals surface area contributed by atoms with Gasteiger partial charge in [-0.15, -0.1) is 0 Å². The first kappa shape index (κ1) is 60.5. The third kappa shape index (κ3) is 29.1. The van der Waals surface area contributed by atoms with Crippen molar-refractivity contribution in [2.45, 2.75) is 172 Å². The van der Waals surface area contributed by atoms with Crippen molar-refractivity contribution in [2.24, 2.45) is 17.6 Å². The standard InChI is InChI=1S/C46H72N5O11S2.K/c47-36-31-64-63-30-34(39(53)28-33(44(48)59)27-32-20-22-35(52)23-21-32)29-40(54)37(51-45(36)60)17-15-16-26-49-41(55)25-24-38(46(61)62)50-42(56)18-13-11-9-7-5-3-1-2-4-6-8-10-12-14-19-43(57)58;/h20-23,33-34,36-38,47,52H,1-19,24-31H2,(H2,48,59)(H,49,55)(H,50,56)(H,51,60)(H,57,58)(H,61,62);/q-1;+1/t33-,34+,36+,37+,38?;/m1./s1. The Kier molecular flexibility index (Phi) is 34.0. The Morgan fingerprint density at radius 2 is 1.31 bits per heavy atom. The van der Waals surface area contributed by atoms with Crippen LogP contribution in [0.2, 0.25) is 0 Å². The molecule has 1 aromatic rings. The van der Waals surface area contributed by atoms with Crippen LogP contribution < -0.4 is 73.1 Å². The van der Waals surface area contributed by atoms with Crippen LogP contribution >= 0.6 is 21.6 Å². The molecule has 0 radical (unpaired) electrons. The molecule has 1 fully saturated rings. The quantitative estimate of drug-likeness (QED) is 0.0300. The predicted octanol–water partition coefficient (Wildman–Crippen LogP) is 3.84. The number of nitrogens with two attached hydrogens (primary N) is 1. The molecular formula is C46H72KN5O11S2. The van der Waals surface area contributed by atoms with Crippen LogP contribution in [0.15, 0.2) is 24.3 Å². The number of phenols is 1. The fourth-order valence-electron chi connectivity index (χ4n) is 7.43. The monoisotopic (exact) mass is 973 g/mol. The van der Waals surface area contributed by atoms with Gasteiger partial charge in [0.05, 0.1) is 6.04 Å². The van der Waals surface area contributed by atoms with E-state index in [1.807, 2.05) is 0 Å². The number of primary amides is 1. The first-order valence-electron chi connectivity index (χ1n) is 23.0. The molecule has 0 spiro atoms. The second kappa shape index (κ2) is 36.5. The number of aliphatic carboxylic acids is 2. The maximum atomic E-state index is 13.6. The van der Waals surface area contributed by atoms with Crippen LogP contribution in [0.5, 0.6) is 5.75 Å². The molecule has 16 nitrogen and oxygen atoms in total. The molecule has 360 valence electrons. The fraction of sp³-hybridized carbons (Fsp3) is 0.696. The molecule has 1 aromatic carbocycles. The number of aromatic hydroxyl groups is 1. The van der Waals surface area contributed by atoms with Crippen molar-refractivity contribution >= 4 is 68.7 Å². The summed E-state index contributed by atoms with van der Waals surface area (Å²) in [7, 11) is 2.55. The van der Waals surface area contributed by atoms with Gasteiger partial charge in [0.15, 0.2) is 5.78 Å². The Bertz CT molecular complexity index is 1620. The molecular weight excluding hydrogens is 902 g/mol. The first-order valence-corrected chi connectivity index (χ1v) is 25.5. The minimum Gasteiger partial charge on any atom is -0.666 e. The average Bonchev–Trinajstić information content (AvgIpc) is 3.27. The third-order valence-corrected chi connectivity index (χ3v) is 13.9. The van der Waals surface area contributed by atoms with Crippen molar-refractivity contribution < 1.29 is 105 Å². The van der Waals surface area contributed by atoms with Crippen molar-refractivity contribution in [3.63, 3.8) is 0 Å². The Labute approximate surface area is 435 Å². The van der Waals surface area contributed by atoms with Gasteiger partial charge in [-0.2, -0.15) is 0 Å². The first-order chi connectivity index (χ1) is 30.7. The van der Waals surface area contributed by atoms with Gasteiger partial charge in [0, 0.05) is 56.2 Å². The van der Waals surface area contributed by atoms with E-state index in [0.717, 1.165) is 51.4 Å². The number of carboxylic acid groups (broad SMARTS) is 2. The van der Waals surface area contributed by atoms with Gasteiger partial charge >= 0.3 is 63.3 Å². The van der Waals surface area contributed by atoms with E-state index in [2.05, 4.69) is 16.0 Å². The van der Waals surface area contributed by atoms with E-state index < -0.39 is 59.6 Å². The largest absolute Gasteiger partial charge is 1.00 e. The maximum absolute atomic E-state index is 13.6. The number of hydrogen-bond donors (Lipinski definition) is 7. The summed E-state index contributed by atoms with van der Waals surface area (Å²) in [5.74, 6) is -5.76. The van der Waals surface area contributed by atoms with Crippen LogP contribution in [0.3, 0.4) is 0 Å². The number of carbonyl (C=O) groups is 8. The second-order valence-corrected chi connectivity index (χ2v) is 19.4. The van der Waals surface area contributed by atoms with Gasteiger partial charge in [-0.25, -0.2) is 4.79 Å². The van der Waals surface area contributed by atoms with E-state index in [1.54, 1.807) is 12.1 Å². The normalized spacial score (nSPS) is 17.6. The number of hydrogen-bond acceptors (Lipinski definition) is 11. The predicted molar refractivity (Wildman–Crippen MR) is 249 cm³/mol. The summed E-state index contributed by atoms with van der Waals surface area (Å²) in [5, 5.41) is 35.9. The number of carboxylic acids is 2. The Morgan fingerprint density at radius 1 is 0.754 bits per heavy atom. The van der Waals surface area contributed by atoms with E-state index in [-0.39, 0.29) is 144 Å². The molecule has 1 aliphatic heterocycles. The zero-order chi connectivity index (χ0) is 47.1. The molecule has 1 unspecified atom stereocenters. The summed E-state index contributed by atoms with van der Waals surface area (Å²) in [6.07, 6.45) is 15.9. The van der Waals surface area contributed by atoms with Crippen molar-refractivity contribution in [2.75, 3.05) is 18.1 Å². The van der Waals surface area contributed by atoms with Gasteiger partial charge in [-0.3, -0.25) is 33.6 Å². The molecule has 0 aromatic heterocycles. The minimum atomic E-state index is -1.22. The van der Waals surface area contributed by atoms with Gasteiger partial charge in [-0.1, -0.05) is 111 Å². The summed E-state index contributed by atoms with van der Waals surface area (Å²) < 4.78 is 0. The van der Waals surface area contributed by atoms with Gasteiger partial charge in [0.1, 0.15) is 17.6 Å². The molecule has 4 amide bonds. The second-order valence-electron chi connectivity index (χ2n) is 16.9. The third-order valence-electron chi connectivity index (χ3n) is 11.4. The summed E-state index contributed by atoms with van der Waals surface area (Å²) in [5.41, 5.74) is 14.6.